The fourth-order valence-electron chi connectivity index (χ4n) is 3.35. The quantitative estimate of drug-likeness (QED) is 0.783. The number of piperidine rings is 1. The largest absolute Gasteiger partial charge is 0.340 e. The molecule has 0 aliphatic carbocycles. The number of benzene rings is 1. The van der Waals surface area contributed by atoms with Crippen molar-refractivity contribution in [2.75, 3.05) is 13.1 Å². The van der Waals surface area contributed by atoms with Gasteiger partial charge in [0.05, 0.1) is 10.5 Å². The molecular weight excluding hydrogens is 268 g/mol. The monoisotopic (exact) mass is 290 g/mol. The summed E-state index contributed by atoms with van der Waals surface area (Å²) in [6.45, 7) is 7.98. The van der Waals surface area contributed by atoms with Gasteiger partial charge in [0.2, 0.25) is 0 Å². The van der Waals surface area contributed by atoms with Gasteiger partial charge in [0.1, 0.15) is 0 Å². The first-order valence-electron chi connectivity index (χ1n) is 7.67. The van der Waals surface area contributed by atoms with Crippen LogP contribution in [0.1, 0.15) is 44.8 Å². The van der Waals surface area contributed by atoms with Gasteiger partial charge < -0.3 is 4.57 Å². The lowest BCUT2D eigenvalue weighted by atomic mass is 10.1. The molecule has 20 heavy (non-hydrogen) atoms. The Morgan fingerprint density at radius 1 is 1.15 bits per heavy atom. The molecule has 3 rings (SSSR count). The van der Waals surface area contributed by atoms with Gasteiger partial charge in [-0.2, -0.15) is 0 Å². The summed E-state index contributed by atoms with van der Waals surface area (Å²) in [6.07, 6.45) is 4.06. The SMILES string of the molecule is CC(C)n1c(CN2CCCCC2)cc2cccc(Cl)c21. The molecule has 1 saturated heterocycles. The molecule has 1 aromatic carbocycles. The van der Waals surface area contributed by atoms with Gasteiger partial charge in [-0.3, -0.25) is 4.90 Å². The second kappa shape index (κ2) is 5.79. The summed E-state index contributed by atoms with van der Waals surface area (Å²) in [5.41, 5.74) is 2.58. The van der Waals surface area contributed by atoms with Gasteiger partial charge in [-0.25, -0.2) is 0 Å². The summed E-state index contributed by atoms with van der Waals surface area (Å²) < 4.78 is 2.41. The van der Waals surface area contributed by atoms with E-state index in [4.69, 9.17) is 11.6 Å². The zero-order valence-electron chi connectivity index (χ0n) is 12.4. The first kappa shape index (κ1) is 14.0. The zero-order valence-corrected chi connectivity index (χ0v) is 13.2. The van der Waals surface area contributed by atoms with E-state index in [0.29, 0.717) is 6.04 Å². The Kier molecular flexibility index (Phi) is 4.04. The van der Waals surface area contributed by atoms with Crippen LogP contribution in [0.15, 0.2) is 24.3 Å². The van der Waals surface area contributed by atoms with Crippen molar-refractivity contribution < 1.29 is 0 Å². The van der Waals surface area contributed by atoms with Crippen molar-refractivity contribution in [3.63, 3.8) is 0 Å². The molecule has 1 aliphatic heterocycles. The summed E-state index contributed by atoms with van der Waals surface area (Å²) in [4.78, 5) is 2.57. The van der Waals surface area contributed by atoms with E-state index in [1.165, 1.54) is 48.9 Å². The third kappa shape index (κ3) is 2.59. The number of halogens is 1. The lowest BCUT2D eigenvalue weighted by Gasteiger charge is -2.27. The number of aromatic nitrogens is 1. The number of likely N-dealkylation sites (tertiary alicyclic amines) is 1. The third-order valence-corrected chi connectivity index (χ3v) is 4.55. The summed E-state index contributed by atoms with van der Waals surface area (Å²) in [6, 6.07) is 8.95. The molecule has 0 atom stereocenters. The molecule has 1 fully saturated rings. The topological polar surface area (TPSA) is 8.17 Å². The van der Waals surface area contributed by atoms with Crippen LogP contribution in [0.2, 0.25) is 5.02 Å². The van der Waals surface area contributed by atoms with Crippen molar-refractivity contribution in [3.8, 4) is 0 Å². The number of rotatable bonds is 3. The predicted molar refractivity (Wildman–Crippen MR) is 86.5 cm³/mol. The molecule has 0 N–H and O–H groups in total. The van der Waals surface area contributed by atoms with Crippen LogP contribution in [0.25, 0.3) is 10.9 Å². The highest BCUT2D eigenvalue weighted by atomic mass is 35.5. The Hall–Kier alpha value is -0.990. The molecule has 3 heteroatoms. The molecule has 1 aliphatic rings. The molecule has 0 unspecified atom stereocenters. The molecular formula is C17H23ClN2. The molecule has 0 spiro atoms. The Morgan fingerprint density at radius 3 is 2.60 bits per heavy atom. The number of hydrogen-bond acceptors (Lipinski definition) is 1. The van der Waals surface area contributed by atoms with Gasteiger partial charge in [0.25, 0.3) is 0 Å². The maximum Gasteiger partial charge on any atom is 0.0674 e. The fourth-order valence-corrected chi connectivity index (χ4v) is 3.63. The average molecular weight is 291 g/mol. The fraction of sp³-hybridized carbons (Fsp3) is 0.529. The van der Waals surface area contributed by atoms with Gasteiger partial charge in [0.15, 0.2) is 0 Å². The van der Waals surface area contributed by atoms with E-state index < -0.39 is 0 Å². The number of hydrogen-bond donors (Lipinski definition) is 0. The minimum Gasteiger partial charge on any atom is -0.340 e. The van der Waals surface area contributed by atoms with Crippen LogP contribution in [-0.2, 0) is 6.54 Å². The number of fused-ring (bicyclic) bond motifs is 1. The minimum absolute atomic E-state index is 0.437. The number of nitrogens with zero attached hydrogens (tertiary/aromatic N) is 2. The van der Waals surface area contributed by atoms with Crippen molar-refractivity contribution >= 4 is 22.5 Å². The minimum atomic E-state index is 0.437. The Bertz CT molecular complexity index is 594. The van der Waals surface area contributed by atoms with E-state index in [9.17, 15) is 0 Å². The summed E-state index contributed by atoms with van der Waals surface area (Å²) in [7, 11) is 0. The van der Waals surface area contributed by atoms with E-state index >= 15 is 0 Å². The predicted octanol–water partition coefficient (Wildman–Crippen LogP) is 4.86. The summed E-state index contributed by atoms with van der Waals surface area (Å²) in [5.74, 6) is 0. The van der Waals surface area contributed by atoms with Gasteiger partial charge in [-0.05, 0) is 51.9 Å². The van der Waals surface area contributed by atoms with Crippen LogP contribution in [0, 0.1) is 0 Å². The van der Waals surface area contributed by atoms with Crippen molar-refractivity contribution in [2.45, 2.75) is 45.7 Å². The van der Waals surface area contributed by atoms with E-state index in [0.717, 1.165) is 11.6 Å². The molecule has 0 bridgehead atoms. The maximum atomic E-state index is 6.43. The third-order valence-electron chi connectivity index (χ3n) is 4.24. The first-order chi connectivity index (χ1) is 9.66. The van der Waals surface area contributed by atoms with Crippen LogP contribution in [0.5, 0.6) is 0 Å². The molecule has 0 radical (unpaired) electrons. The average Bonchev–Trinajstić information content (AvgIpc) is 2.79. The Labute approximate surface area is 126 Å². The standard InChI is InChI=1S/C17H23ClN2/c1-13(2)20-15(12-19-9-4-3-5-10-19)11-14-7-6-8-16(18)17(14)20/h6-8,11,13H,3-5,9-10,12H2,1-2H3. The smallest absolute Gasteiger partial charge is 0.0674 e. The van der Waals surface area contributed by atoms with Gasteiger partial charge in [-0.15, -0.1) is 0 Å². The number of para-hydroxylation sites is 1. The Morgan fingerprint density at radius 2 is 1.90 bits per heavy atom. The zero-order chi connectivity index (χ0) is 14.1. The molecule has 2 nitrogen and oxygen atoms in total. The van der Waals surface area contributed by atoms with Gasteiger partial charge in [-0.1, -0.05) is 30.2 Å². The van der Waals surface area contributed by atoms with Crippen molar-refractivity contribution in [1.82, 2.24) is 9.47 Å². The van der Waals surface area contributed by atoms with Crippen LogP contribution in [0.4, 0.5) is 0 Å². The van der Waals surface area contributed by atoms with Crippen molar-refractivity contribution in [3.05, 3.63) is 35.0 Å². The van der Waals surface area contributed by atoms with E-state index in [-0.39, 0.29) is 0 Å². The molecule has 2 aromatic rings. The lowest BCUT2D eigenvalue weighted by molar-refractivity contribution is 0.215. The normalized spacial score (nSPS) is 17.2. The maximum absolute atomic E-state index is 6.43. The van der Waals surface area contributed by atoms with Gasteiger partial charge in [0, 0.05) is 23.7 Å². The highest BCUT2D eigenvalue weighted by Gasteiger charge is 2.17. The second-order valence-corrected chi connectivity index (χ2v) is 6.52. The van der Waals surface area contributed by atoms with E-state index in [2.05, 4.69) is 35.4 Å². The van der Waals surface area contributed by atoms with E-state index in [1.54, 1.807) is 0 Å². The highest BCUT2D eigenvalue weighted by Crippen LogP contribution is 2.31. The molecule has 2 heterocycles. The highest BCUT2D eigenvalue weighted by molar-refractivity contribution is 6.35. The van der Waals surface area contributed by atoms with Crippen LogP contribution < -0.4 is 0 Å². The lowest BCUT2D eigenvalue weighted by Crippen LogP contribution is -2.30. The Balaban J connectivity index is 2.01. The van der Waals surface area contributed by atoms with E-state index in [1.807, 2.05) is 12.1 Å². The van der Waals surface area contributed by atoms with Crippen molar-refractivity contribution in [1.29, 1.82) is 0 Å². The van der Waals surface area contributed by atoms with Crippen LogP contribution >= 0.6 is 11.6 Å². The first-order valence-corrected chi connectivity index (χ1v) is 8.05. The second-order valence-electron chi connectivity index (χ2n) is 6.11. The molecule has 0 amide bonds. The molecule has 1 aromatic heterocycles. The molecule has 0 saturated carbocycles. The summed E-state index contributed by atoms with van der Waals surface area (Å²) >= 11 is 6.43. The van der Waals surface area contributed by atoms with Crippen LogP contribution in [0.3, 0.4) is 0 Å². The van der Waals surface area contributed by atoms with Crippen molar-refractivity contribution in [2.24, 2.45) is 0 Å². The van der Waals surface area contributed by atoms with Crippen LogP contribution in [-0.4, -0.2) is 22.6 Å². The molecule has 108 valence electrons. The van der Waals surface area contributed by atoms with Gasteiger partial charge >= 0.3 is 0 Å². The summed E-state index contributed by atoms with van der Waals surface area (Å²) in [5, 5.41) is 2.12.